The third-order valence-corrected chi connectivity index (χ3v) is 4.19. The van der Waals surface area contributed by atoms with Gasteiger partial charge in [0.1, 0.15) is 5.82 Å². The summed E-state index contributed by atoms with van der Waals surface area (Å²) >= 11 is 0. The lowest BCUT2D eigenvalue weighted by atomic mass is 10.2. The predicted molar refractivity (Wildman–Crippen MR) is 90.3 cm³/mol. The zero-order valence-corrected chi connectivity index (χ0v) is 13.5. The predicted octanol–water partition coefficient (Wildman–Crippen LogP) is 2.93. The second-order valence-electron chi connectivity index (χ2n) is 5.95. The van der Waals surface area contributed by atoms with Crippen molar-refractivity contribution in [3.8, 4) is 0 Å². The van der Waals surface area contributed by atoms with Crippen LogP contribution in [0.4, 0.5) is 10.3 Å². The summed E-state index contributed by atoms with van der Waals surface area (Å²) in [6, 6.07) is 6.38. The second-order valence-corrected chi connectivity index (χ2v) is 5.95. The number of nitrogens with zero attached hydrogens (tertiary/aromatic N) is 3. The van der Waals surface area contributed by atoms with E-state index in [0.29, 0.717) is 17.1 Å². The first-order valence-electron chi connectivity index (χ1n) is 8.32. The first-order chi connectivity index (χ1) is 11.7. The van der Waals surface area contributed by atoms with Crippen molar-refractivity contribution in [3.05, 3.63) is 53.6 Å². The molecule has 0 aliphatic carbocycles. The maximum Gasteiger partial charge on any atom is 0.254 e. The molecule has 1 amide bonds. The van der Waals surface area contributed by atoms with Crippen LogP contribution in [0.5, 0.6) is 0 Å². The number of amides is 1. The Balaban J connectivity index is 1.60. The van der Waals surface area contributed by atoms with Crippen molar-refractivity contribution >= 4 is 11.9 Å². The van der Waals surface area contributed by atoms with Crippen molar-refractivity contribution in [2.75, 3.05) is 18.0 Å². The van der Waals surface area contributed by atoms with Gasteiger partial charge in [0.05, 0.1) is 5.56 Å². The number of hydrogen-bond acceptors (Lipinski definition) is 4. The van der Waals surface area contributed by atoms with Crippen LogP contribution in [-0.4, -0.2) is 29.0 Å². The summed E-state index contributed by atoms with van der Waals surface area (Å²) in [7, 11) is 0. The molecular weight excluding hydrogens is 307 g/mol. The topological polar surface area (TPSA) is 58.1 Å². The maximum absolute atomic E-state index is 13.6. The molecule has 0 saturated carbocycles. The summed E-state index contributed by atoms with van der Waals surface area (Å²) in [6.45, 7) is 2.05. The molecule has 3 rings (SSSR count). The molecule has 1 aromatic heterocycles. The Morgan fingerprint density at radius 1 is 1.08 bits per heavy atom. The van der Waals surface area contributed by atoms with Gasteiger partial charge in [0.2, 0.25) is 5.95 Å². The van der Waals surface area contributed by atoms with Crippen LogP contribution in [0.3, 0.4) is 0 Å². The number of anilines is 1. The minimum absolute atomic E-state index is 0.138. The highest BCUT2D eigenvalue weighted by atomic mass is 19.1. The SMILES string of the molecule is O=C(NCc1ccccc1F)c1cnc(N2CCCCCC2)nc1. The summed E-state index contributed by atoms with van der Waals surface area (Å²) < 4.78 is 13.6. The van der Waals surface area contributed by atoms with Crippen LogP contribution in [0.25, 0.3) is 0 Å². The van der Waals surface area contributed by atoms with Crippen LogP contribution in [0.2, 0.25) is 0 Å². The number of carbonyl (C=O) groups excluding carboxylic acids is 1. The monoisotopic (exact) mass is 328 g/mol. The molecule has 1 N–H and O–H groups in total. The van der Waals surface area contributed by atoms with E-state index in [1.807, 2.05) is 0 Å². The number of benzene rings is 1. The zero-order valence-electron chi connectivity index (χ0n) is 13.5. The number of hydrogen-bond donors (Lipinski definition) is 1. The molecule has 0 bridgehead atoms. The lowest BCUT2D eigenvalue weighted by molar-refractivity contribution is 0.0950. The van der Waals surface area contributed by atoms with Gasteiger partial charge in [-0.2, -0.15) is 0 Å². The Hall–Kier alpha value is -2.50. The molecule has 5 nitrogen and oxygen atoms in total. The first-order valence-corrected chi connectivity index (χ1v) is 8.32. The van der Waals surface area contributed by atoms with E-state index in [0.717, 1.165) is 25.9 Å². The van der Waals surface area contributed by atoms with Crippen LogP contribution >= 0.6 is 0 Å². The average Bonchev–Trinajstić information content (AvgIpc) is 2.90. The molecular formula is C18H21FN4O. The maximum atomic E-state index is 13.6. The van der Waals surface area contributed by atoms with Crippen molar-refractivity contribution in [1.82, 2.24) is 15.3 Å². The molecule has 1 aliphatic rings. The van der Waals surface area contributed by atoms with Crippen molar-refractivity contribution < 1.29 is 9.18 Å². The van der Waals surface area contributed by atoms with Gasteiger partial charge in [0.15, 0.2) is 0 Å². The number of rotatable bonds is 4. The number of aromatic nitrogens is 2. The molecule has 1 fully saturated rings. The van der Waals surface area contributed by atoms with E-state index in [4.69, 9.17) is 0 Å². The lowest BCUT2D eigenvalue weighted by Crippen LogP contribution is -2.27. The van der Waals surface area contributed by atoms with Gasteiger partial charge < -0.3 is 10.2 Å². The van der Waals surface area contributed by atoms with Gasteiger partial charge in [-0.3, -0.25) is 4.79 Å². The molecule has 2 aromatic rings. The normalized spacial score (nSPS) is 15.0. The quantitative estimate of drug-likeness (QED) is 0.937. The van der Waals surface area contributed by atoms with Crippen LogP contribution in [0, 0.1) is 5.82 Å². The summed E-state index contributed by atoms with van der Waals surface area (Å²) in [5, 5.41) is 2.69. The molecule has 0 atom stereocenters. The van der Waals surface area contributed by atoms with Gasteiger partial charge in [-0.1, -0.05) is 31.0 Å². The molecule has 1 aliphatic heterocycles. The van der Waals surface area contributed by atoms with E-state index < -0.39 is 0 Å². The Kier molecular flexibility index (Phi) is 5.36. The number of nitrogens with one attached hydrogen (secondary N) is 1. The molecule has 0 spiro atoms. The van der Waals surface area contributed by atoms with Gasteiger partial charge in [-0.05, 0) is 18.9 Å². The van der Waals surface area contributed by atoms with E-state index in [1.165, 1.54) is 31.3 Å². The Labute approximate surface area is 140 Å². The van der Waals surface area contributed by atoms with E-state index in [-0.39, 0.29) is 18.3 Å². The van der Waals surface area contributed by atoms with Gasteiger partial charge in [0, 0.05) is 37.6 Å². The fourth-order valence-electron chi connectivity index (χ4n) is 2.79. The van der Waals surface area contributed by atoms with Crippen molar-refractivity contribution in [1.29, 1.82) is 0 Å². The largest absolute Gasteiger partial charge is 0.348 e. The molecule has 0 radical (unpaired) electrons. The molecule has 1 aromatic carbocycles. The molecule has 1 saturated heterocycles. The second kappa shape index (κ2) is 7.86. The highest BCUT2D eigenvalue weighted by Crippen LogP contribution is 2.15. The molecule has 0 unspecified atom stereocenters. The molecule has 24 heavy (non-hydrogen) atoms. The fraction of sp³-hybridized carbons (Fsp3) is 0.389. The van der Waals surface area contributed by atoms with Gasteiger partial charge in [0.25, 0.3) is 5.91 Å². The standard InChI is InChI=1S/C18H21FN4O/c19-16-8-4-3-7-14(16)11-20-17(24)15-12-21-18(22-13-15)23-9-5-1-2-6-10-23/h3-4,7-8,12-13H,1-2,5-6,9-11H2,(H,20,24). The third-order valence-electron chi connectivity index (χ3n) is 4.19. The summed E-state index contributed by atoms with van der Waals surface area (Å²) in [6.07, 6.45) is 7.84. The van der Waals surface area contributed by atoms with Gasteiger partial charge in [-0.25, -0.2) is 14.4 Å². The van der Waals surface area contributed by atoms with Gasteiger partial charge >= 0.3 is 0 Å². The smallest absolute Gasteiger partial charge is 0.254 e. The summed E-state index contributed by atoms with van der Waals surface area (Å²) in [4.78, 5) is 22.9. The van der Waals surface area contributed by atoms with E-state index >= 15 is 0 Å². The highest BCUT2D eigenvalue weighted by molar-refractivity contribution is 5.93. The summed E-state index contributed by atoms with van der Waals surface area (Å²) in [5.41, 5.74) is 0.831. The van der Waals surface area contributed by atoms with Crippen molar-refractivity contribution in [2.45, 2.75) is 32.2 Å². The number of halogens is 1. The fourth-order valence-corrected chi connectivity index (χ4v) is 2.79. The minimum Gasteiger partial charge on any atom is -0.348 e. The van der Waals surface area contributed by atoms with E-state index in [1.54, 1.807) is 18.2 Å². The van der Waals surface area contributed by atoms with Crippen molar-refractivity contribution in [2.24, 2.45) is 0 Å². The third kappa shape index (κ3) is 4.07. The van der Waals surface area contributed by atoms with Gasteiger partial charge in [-0.15, -0.1) is 0 Å². The van der Waals surface area contributed by atoms with E-state index in [2.05, 4.69) is 20.2 Å². The van der Waals surface area contributed by atoms with Crippen LogP contribution in [0.15, 0.2) is 36.7 Å². The van der Waals surface area contributed by atoms with Crippen LogP contribution < -0.4 is 10.2 Å². The first kappa shape index (κ1) is 16.4. The molecule has 6 heteroatoms. The highest BCUT2D eigenvalue weighted by Gasteiger charge is 2.14. The summed E-state index contributed by atoms with van der Waals surface area (Å²) in [5.74, 6) is 0.0359. The Morgan fingerprint density at radius 2 is 1.75 bits per heavy atom. The minimum atomic E-state index is -0.328. The van der Waals surface area contributed by atoms with Crippen LogP contribution in [-0.2, 0) is 6.54 Å². The molecule has 2 heterocycles. The Bertz CT molecular complexity index is 682. The average molecular weight is 328 g/mol. The lowest BCUT2D eigenvalue weighted by Gasteiger charge is -2.19. The van der Waals surface area contributed by atoms with E-state index in [9.17, 15) is 9.18 Å². The zero-order chi connectivity index (χ0) is 16.8. The van der Waals surface area contributed by atoms with Crippen LogP contribution in [0.1, 0.15) is 41.6 Å². The Morgan fingerprint density at radius 3 is 2.42 bits per heavy atom. The molecule has 126 valence electrons. The van der Waals surface area contributed by atoms with Crippen molar-refractivity contribution in [3.63, 3.8) is 0 Å². The number of carbonyl (C=O) groups is 1.